The molecule has 2 aliphatic rings. The normalized spacial score (nSPS) is 18.3. The Bertz CT molecular complexity index is 555. The molecular formula is C16H22N2O4. The Morgan fingerprint density at radius 1 is 1.27 bits per heavy atom. The molecule has 1 spiro atoms. The van der Waals surface area contributed by atoms with Crippen LogP contribution in [-0.4, -0.2) is 42.0 Å². The number of rotatable bonds is 3. The van der Waals surface area contributed by atoms with Gasteiger partial charge in [0, 0.05) is 38.2 Å². The molecule has 6 nitrogen and oxygen atoms in total. The number of ether oxygens (including phenoxy) is 2. The summed E-state index contributed by atoms with van der Waals surface area (Å²) in [5.41, 5.74) is 0.657. The predicted molar refractivity (Wildman–Crippen MR) is 82.2 cm³/mol. The Morgan fingerprint density at radius 3 is 2.73 bits per heavy atom. The van der Waals surface area contributed by atoms with Gasteiger partial charge in [0.25, 0.3) is 5.79 Å². The van der Waals surface area contributed by atoms with Gasteiger partial charge in [-0.1, -0.05) is 6.42 Å². The number of aliphatic hydroxyl groups excluding tert-OH is 1. The second-order valence-electron chi connectivity index (χ2n) is 5.91. The fraction of sp³-hybridized carbons (Fsp3) is 0.562. The molecule has 22 heavy (non-hydrogen) atoms. The molecule has 0 bridgehead atoms. The van der Waals surface area contributed by atoms with Gasteiger partial charge in [-0.3, -0.25) is 0 Å². The number of hydrogen-bond acceptors (Lipinski definition) is 4. The highest BCUT2D eigenvalue weighted by Crippen LogP contribution is 2.46. The fourth-order valence-electron chi connectivity index (χ4n) is 2.94. The van der Waals surface area contributed by atoms with Crippen LogP contribution in [0.1, 0.15) is 32.1 Å². The highest BCUT2D eigenvalue weighted by molar-refractivity contribution is 5.89. The first-order valence-electron chi connectivity index (χ1n) is 7.77. The van der Waals surface area contributed by atoms with Crippen LogP contribution in [0, 0.1) is 0 Å². The summed E-state index contributed by atoms with van der Waals surface area (Å²) in [6, 6.07) is 5.17. The molecule has 2 N–H and O–H groups in total. The van der Waals surface area contributed by atoms with E-state index in [1.165, 1.54) is 11.3 Å². The van der Waals surface area contributed by atoms with Gasteiger partial charge >= 0.3 is 6.03 Å². The second kappa shape index (κ2) is 6.04. The van der Waals surface area contributed by atoms with Gasteiger partial charge in [0.1, 0.15) is 0 Å². The number of nitrogens with zero attached hydrogens (tertiary/aromatic N) is 1. The number of anilines is 1. The van der Waals surface area contributed by atoms with Crippen LogP contribution in [0.4, 0.5) is 10.5 Å². The summed E-state index contributed by atoms with van der Waals surface area (Å²) >= 11 is 0. The van der Waals surface area contributed by atoms with Crippen LogP contribution in [0.3, 0.4) is 0 Å². The van der Waals surface area contributed by atoms with E-state index in [4.69, 9.17) is 14.6 Å². The Morgan fingerprint density at radius 2 is 2.00 bits per heavy atom. The summed E-state index contributed by atoms with van der Waals surface area (Å²) in [4.78, 5) is 13.4. The van der Waals surface area contributed by atoms with E-state index in [0.29, 0.717) is 18.0 Å². The number of hydrogen-bond donors (Lipinski definition) is 2. The Kier molecular flexibility index (Phi) is 4.11. The Balaban J connectivity index is 1.68. The summed E-state index contributed by atoms with van der Waals surface area (Å²) in [7, 11) is 1.63. The number of carbonyl (C=O) groups excluding carboxylic acids is 1. The summed E-state index contributed by atoms with van der Waals surface area (Å²) in [6.45, 7) is 0.229. The van der Waals surface area contributed by atoms with Crippen LogP contribution >= 0.6 is 0 Å². The van der Waals surface area contributed by atoms with Gasteiger partial charge < -0.3 is 24.8 Å². The molecular weight excluding hydrogens is 284 g/mol. The number of aliphatic hydroxyl groups is 1. The predicted octanol–water partition coefficient (Wildman–Crippen LogP) is 2.57. The SMILES string of the molecule is CN(CCO)C(=O)Nc1ccc2c(c1)OC1(CCCCC1)O2. The van der Waals surface area contributed by atoms with Crippen LogP contribution in [0.2, 0.25) is 0 Å². The van der Waals surface area contributed by atoms with E-state index >= 15 is 0 Å². The number of nitrogens with one attached hydrogen (secondary N) is 1. The fourth-order valence-corrected chi connectivity index (χ4v) is 2.94. The third-order valence-electron chi connectivity index (χ3n) is 4.18. The molecule has 1 aromatic rings. The van der Waals surface area contributed by atoms with Crippen molar-refractivity contribution in [3.8, 4) is 11.5 Å². The monoisotopic (exact) mass is 306 g/mol. The molecule has 0 aromatic heterocycles. The van der Waals surface area contributed by atoms with Gasteiger partial charge in [-0.25, -0.2) is 4.79 Å². The first kappa shape index (κ1) is 15.0. The minimum absolute atomic E-state index is 0.0619. The molecule has 0 atom stereocenters. The molecule has 1 heterocycles. The number of benzene rings is 1. The van der Waals surface area contributed by atoms with Gasteiger partial charge in [0.05, 0.1) is 6.61 Å². The maximum atomic E-state index is 11.9. The lowest BCUT2D eigenvalue weighted by Gasteiger charge is -2.31. The van der Waals surface area contributed by atoms with Crippen LogP contribution in [0.25, 0.3) is 0 Å². The van der Waals surface area contributed by atoms with E-state index in [2.05, 4.69) is 5.32 Å². The highest BCUT2D eigenvalue weighted by Gasteiger charge is 2.42. The molecule has 0 saturated heterocycles. The highest BCUT2D eigenvalue weighted by atomic mass is 16.7. The van der Waals surface area contributed by atoms with Crippen molar-refractivity contribution < 1.29 is 19.4 Å². The van der Waals surface area contributed by atoms with E-state index in [0.717, 1.165) is 31.4 Å². The van der Waals surface area contributed by atoms with Crippen LogP contribution in [0.5, 0.6) is 11.5 Å². The molecule has 0 unspecified atom stereocenters. The van der Waals surface area contributed by atoms with Gasteiger partial charge in [0.2, 0.25) is 0 Å². The first-order valence-corrected chi connectivity index (χ1v) is 7.77. The standard InChI is InChI=1S/C16H22N2O4/c1-18(9-10-19)15(20)17-12-5-6-13-14(11-12)22-16(21-13)7-3-2-4-8-16/h5-6,11,19H,2-4,7-10H2,1H3,(H,17,20). The van der Waals surface area contributed by atoms with Crippen molar-refractivity contribution in [1.82, 2.24) is 4.90 Å². The summed E-state index contributed by atoms with van der Waals surface area (Å²) in [5.74, 6) is 0.921. The van der Waals surface area contributed by atoms with Gasteiger partial charge in [-0.15, -0.1) is 0 Å². The molecule has 3 rings (SSSR count). The van der Waals surface area contributed by atoms with Crippen molar-refractivity contribution in [2.75, 3.05) is 25.5 Å². The lowest BCUT2D eigenvalue weighted by Crippen LogP contribution is -2.40. The van der Waals surface area contributed by atoms with E-state index < -0.39 is 5.79 Å². The summed E-state index contributed by atoms with van der Waals surface area (Å²) in [6.07, 6.45) is 5.27. The smallest absolute Gasteiger partial charge is 0.321 e. The maximum absolute atomic E-state index is 11.9. The van der Waals surface area contributed by atoms with Crippen molar-refractivity contribution in [3.05, 3.63) is 18.2 Å². The number of likely N-dealkylation sites (N-methyl/N-ethyl adjacent to an activating group) is 1. The van der Waals surface area contributed by atoms with Gasteiger partial charge in [-0.2, -0.15) is 0 Å². The molecule has 0 radical (unpaired) electrons. The van der Waals surface area contributed by atoms with Crippen molar-refractivity contribution >= 4 is 11.7 Å². The van der Waals surface area contributed by atoms with Crippen molar-refractivity contribution in [2.45, 2.75) is 37.9 Å². The second-order valence-corrected chi connectivity index (χ2v) is 5.91. The molecule has 1 aromatic carbocycles. The number of carbonyl (C=O) groups is 1. The molecule has 6 heteroatoms. The van der Waals surface area contributed by atoms with Crippen LogP contribution < -0.4 is 14.8 Å². The van der Waals surface area contributed by atoms with E-state index in [1.807, 2.05) is 6.07 Å². The van der Waals surface area contributed by atoms with E-state index in [9.17, 15) is 4.79 Å². The molecule has 1 fully saturated rings. The zero-order valence-corrected chi connectivity index (χ0v) is 12.8. The minimum atomic E-state index is -0.503. The Labute approximate surface area is 130 Å². The molecule has 1 aliphatic carbocycles. The topological polar surface area (TPSA) is 71.0 Å². The van der Waals surface area contributed by atoms with Gasteiger partial charge in [-0.05, 0) is 25.0 Å². The minimum Gasteiger partial charge on any atom is -0.448 e. The van der Waals surface area contributed by atoms with Gasteiger partial charge in [0.15, 0.2) is 11.5 Å². The lowest BCUT2D eigenvalue weighted by atomic mass is 9.94. The Hall–Kier alpha value is -1.95. The average molecular weight is 306 g/mol. The van der Waals surface area contributed by atoms with Crippen molar-refractivity contribution in [3.63, 3.8) is 0 Å². The zero-order chi connectivity index (χ0) is 15.6. The number of fused-ring (bicyclic) bond motifs is 1. The van der Waals surface area contributed by atoms with E-state index in [-0.39, 0.29) is 12.6 Å². The van der Waals surface area contributed by atoms with Crippen LogP contribution in [0.15, 0.2) is 18.2 Å². The van der Waals surface area contributed by atoms with E-state index in [1.54, 1.807) is 19.2 Å². The maximum Gasteiger partial charge on any atom is 0.321 e. The third-order valence-corrected chi connectivity index (χ3v) is 4.18. The largest absolute Gasteiger partial charge is 0.448 e. The van der Waals surface area contributed by atoms with Crippen molar-refractivity contribution in [2.24, 2.45) is 0 Å². The summed E-state index contributed by atoms with van der Waals surface area (Å²) in [5, 5.41) is 11.6. The molecule has 120 valence electrons. The number of urea groups is 1. The third kappa shape index (κ3) is 2.97. The summed E-state index contributed by atoms with van der Waals surface area (Å²) < 4.78 is 12.0. The first-order chi connectivity index (χ1) is 10.6. The number of amides is 2. The molecule has 1 aliphatic heterocycles. The quantitative estimate of drug-likeness (QED) is 0.900. The molecule has 2 amide bonds. The lowest BCUT2D eigenvalue weighted by molar-refractivity contribution is -0.105. The molecule has 1 saturated carbocycles. The van der Waals surface area contributed by atoms with Crippen molar-refractivity contribution in [1.29, 1.82) is 0 Å². The zero-order valence-electron chi connectivity index (χ0n) is 12.8. The van der Waals surface area contributed by atoms with Crippen LogP contribution in [-0.2, 0) is 0 Å². The average Bonchev–Trinajstić information content (AvgIpc) is 2.84.